The molecule has 0 atom stereocenters. The van der Waals surface area contributed by atoms with Crippen LogP contribution >= 0.6 is 0 Å². The Labute approximate surface area is 145 Å². The molecule has 4 nitrogen and oxygen atoms in total. The summed E-state index contributed by atoms with van der Waals surface area (Å²) in [6.07, 6.45) is 24.1. The van der Waals surface area contributed by atoms with Gasteiger partial charge in [-0.05, 0) is 51.4 Å². The van der Waals surface area contributed by atoms with Crippen molar-refractivity contribution in [3.63, 3.8) is 0 Å². The highest BCUT2D eigenvalue weighted by Crippen LogP contribution is 2.02. The number of carboxylic acid groups (broad SMARTS) is 2. The van der Waals surface area contributed by atoms with E-state index in [2.05, 4.69) is 42.5 Å². The number of hydrogen-bond donors (Lipinski definition) is 2. The molecule has 0 aliphatic carbocycles. The van der Waals surface area contributed by atoms with E-state index >= 15 is 0 Å². The molecule has 0 aromatic heterocycles. The second kappa shape index (κ2) is 17.3. The second-order valence-corrected chi connectivity index (χ2v) is 5.52. The highest BCUT2D eigenvalue weighted by molar-refractivity contribution is 5.66. The van der Waals surface area contributed by atoms with Gasteiger partial charge in [0.1, 0.15) is 0 Å². The molecule has 0 aromatic carbocycles. The van der Waals surface area contributed by atoms with Gasteiger partial charge in [-0.1, -0.05) is 48.6 Å². The summed E-state index contributed by atoms with van der Waals surface area (Å²) in [4.78, 5) is 20.6. The molecule has 0 aromatic rings. The fourth-order valence-electron chi connectivity index (χ4n) is 1.96. The number of allylic oxidation sites excluding steroid dienone is 8. The summed E-state index contributed by atoms with van der Waals surface area (Å²) in [5.41, 5.74) is 0. The zero-order valence-electron chi connectivity index (χ0n) is 14.4. The number of carbonyl (C=O) groups is 2. The van der Waals surface area contributed by atoms with Gasteiger partial charge < -0.3 is 10.2 Å². The minimum atomic E-state index is -0.733. The van der Waals surface area contributed by atoms with Gasteiger partial charge in [-0.15, -0.1) is 0 Å². The molecule has 2 N–H and O–H groups in total. The Morgan fingerprint density at radius 3 is 1.38 bits per heavy atom. The first-order valence-corrected chi connectivity index (χ1v) is 8.66. The van der Waals surface area contributed by atoms with Gasteiger partial charge in [0.05, 0.1) is 0 Å². The molecule has 0 rings (SSSR count). The predicted molar refractivity (Wildman–Crippen MR) is 98.0 cm³/mol. The molecule has 0 radical (unpaired) electrons. The Hall–Kier alpha value is -2.10. The third-order valence-corrected chi connectivity index (χ3v) is 3.26. The summed E-state index contributed by atoms with van der Waals surface area (Å²) >= 11 is 0. The Morgan fingerprint density at radius 2 is 0.917 bits per heavy atom. The lowest BCUT2D eigenvalue weighted by Gasteiger charge is -1.92. The summed E-state index contributed by atoms with van der Waals surface area (Å²) < 4.78 is 0. The highest BCUT2D eigenvalue weighted by atomic mass is 16.4. The van der Waals surface area contributed by atoms with Gasteiger partial charge in [0, 0.05) is 12.8 Å². The minimum Gasteiger partial charge on any atom is -0.481 e. The monoisotopic (exact) mass is 334 g/mol. The standard InChI is InChI=1S/C20H30O4/c21-19(22)17-15-13-11-9-7-5-3-1-2-4-6-8-10-12-14-16-18-20(23)24/h1,3-4,6-7,9-10,12H,2,5,8,11,13-18H2,(H,21,22)(H,23,24)/b3-1?,6-4?,9-7?,12-10-. The molecule has 0 unspecified atom stereocenters. The molecule has 24 heavy (non-hydrogen) atoms. The van der Waals surface area contributed by atoms with Gasteiger partial charge in [0.15, 0.2) is 0 Å². The van der Waals surface area contributed by atoms with E-state index < -0.39 is 11.9 Å². The topological polar surface area (TPSA) is 74.6 Å². The van der Waals surface area contributed by atoms with Crippen LogP contribution in [0.25, 0.3) is 0 Å². The van der Waals surface area contributed by atoms with E-state index in [-0.39, 0.29) is 12.8 Å². The van der Waals surface area contributed by atoms with Crippen molar-refractivity contribution in [3.8, 4) is 0 Å². The van der Waals surface area contributed by atoms with Crippen molar-refractivity contribution in [2.45, 2.75) is 64.2 Å². The number of carboxylic acids is 2. The lowest BCUT2D eigenvalue weighted by molar-refractivity contribution is -0.138. The Balaban J connectivity index is 3.43. The van der Waals surface area contributed by atoms with Crippen LogP contribution < -0.4 is 0 Å². The van der Waals surface area contributed by atoms with E-state index in [0.29, 0.717) is 6.42 Å². The maximum absolute atomic E-state index is 10.3. The van der Waals surface area contributed by atoms with Gasteiger partial charge in [0.25, 0.3) is 0 Å². The van der Waals surface area contributed by atoms with Gasteiger partial charge >= 0.3 is 11.9 Å². The van der Waals surface area contributed by atoms with Crippen LogP contribution in [0.1, 0.15) is 64.2 Å². The molecule has 0 fully saturated rings. The molecule has 0 saturated heterocycles. The fourth-order valence-corrected chi connectivity index (χ4v) is 1.96. The Bertz CT molecular complexity index is 445. The van der Waals surface area contributed by atoms with Crippen molar-refractivity contribution in [1.29, 1.82) is 0 Å². The molecular weight excluding hydrogens is 304 g/mol. The van der Waals surface area contributed by atoms with Gasteiger partial charge in [-0.25, -0.2) is 0 Å². The first-order valence-electron chi connectivity index (χ1n) is 8.66. The predicted octanol–water partition coefficient (Wildman–Crippen LogP) is 5.28. The molecule has 0 aliphatic heterocycles. The van der Waals surface area contributed by atoms with E-state index in [1.165, 1.54) is 0 Å². The van der Waals surface area contributed by atoms with Crippen LogP contribution in [-0.4, -0.2) is 22.2 Å². The zero-order valence-corrected chi connectivity index (χ0v) is 14.4. The third-order valence-electron chi connectivity index (χ3n) is 3.26. The van der Waals surface area contributed by atoms with Crippen LogP contribution in [-0.2, 0) is 9.59 Å². The SMILES string of the molecule is O=C(O)CCC/C=C\CC=CCC=CCC=CCCCCC(=O)O. The highest BCUT2D eigenvalue weighted by Gasteiger charge is 1.94. The molecule has 0 saturated carbocycles. The Kier molecular flexibility index (Phi) is 15.7. The maximum atomic E-state index is 10.3. The van der Waals surface area contributed by atoms with Crippen molar-refractivity contribution < 1.29 is 19.8 Å². The molecule has 0 aliphatic rings. The first-order chi connectivity index (χ1) is 11.6. The Morgan fingerprint density at radius 1 is 0.542 bits per heavy atom. The zero-order chi connectivity index (χ0) is 17.9. The molecule has 0 heterocycles. The number of aliphatic carboxylic acids is 2. The fraction of sp³-hybridized carbons (Fsp3) is 0.500. The quantitative estimate of drug-likeness (QED) is 0.315. The van der Waals surface area contributed by atoms with E-state index in [1.807, 2.05) is 6.08 Å². The van der Waals surface area contributed by atoms with E-state index in [4.69, 9.17) is 10.2 Å². The van der Waals surface area contributed by atoms with Gasteiger partial charge in [-0.3, -0.25) is 9.59 Å². The van der Waals surface area contributed by atoms with Gasteiger partial charge in [-0.2, -0.15) is 0 Å². The normalized spacial score (nSPS) is 12.2. The molecule has 0 spiro atoms. The lowest BCUT2D eigenvalue weighted by Crippen LogP contribution is -1.92. The van der Waals surface area contributed by atoms with Crippen LogP contribution in [0.4, 0.5) is 0 Å². The average molecular weight is 334 g/mol. The molecule has 134 valence electrons. The average Bonchev–Trinajstić information content (AvgIpc) is 2.53. The van der Waals surface area contributed by atoms with E-state index in [1.54, 1.807) is 0 Å². The summed E-state index contributed by atoms with van der Waals surface area (Å²) in [5, 5.41) is 17.0. The third kappa shape index (κ3) is 19.9. The number of unbranched alkanes of at least 4 members (excludes halogenated alkanes) is 3. The summed E-state index contributed by atoms with van der Waals surface area (Å²) in [5.74, 6) is -1.45. The van der Waals surface area contributed by atoms with E-state index in [9.17, 15) is 9.59 Å². The first kappa shape index (κ1) is 21.9. The van der Waals surface area contributed by atoms with Crippen LogP contribution in [0, 0.1) is 0 Å². The maximum Gasteiger partial charge on any atom is 0.303 e. The van der Waals surface area contributed by atoms with Crippen molar-refractivity contribution in [2.75, 3.05) is 0 Å². The summed E-state index contributed by atoms with van der Waals surface area (Å²) in [6.45, 7) is 0. The minimum absolute atomic E-state index is 0.238. The summed E-state index contributed by atoms with van der Waals surface area (Å²) in [7, 11) is 0. The van der Waals surface area contributed by atoms with Crippen LogP contribution in [0.15, 0.2) is 48.6 Å². The van der Waals surface area contributed by atoms with E-state index in [0.717, 1.165) is 44.9 Å². The van der Waals surface area contributed by atoms with Crippen LogP contribution in [0.3, 0.4) is 0 Å². The number of hydrogen-bond acceptors (Lipinski definition) is 2. The van der Waals surface area contributed by atoms with Crippen LogP contribution in [0.5, 0.6) is 0 Å². The van der Waals surface area contributed by atoms with Crippen molar-refractivity contribution >= 4 is 11.9 Å². The van der Waals surface area contributed by atoms with Crippen LogP contribution in [0.2, 0.25) is 0 Å². The smallest absolute Gasteiger partial charge is 0.303 e. The molecular formula is C20H30O4. The van der Waals surface area contributed by atoms with Gasteiger partial charge in [0.2, 0.25) is 0 Å². The van der Waals surface area contributed by atoms with Crippen molar-refractivity contribution in [3.05, 3.63) is 48.6 Å². The molecule has 4 heteroatoms. The summed E-state index contributed by atoms with van der Waals surface area (Å²) in [6, 6.07) is 0. The molecule has 0 amide bonds. The number of rotatable bonds is 15. The van der Waals surface area contributed by atoms with Crippen molar-refractivity contribution in [1.82, 2.24) is 0 Å². The largest absolute Gasteiger partial charge is 0.481 e. The lowest BCUT2D eigenvalue weighted by atomic mass is 10.2. The molecule has 0 bridgehead atoms. The van der Waals surface area contributed by atoms with Crippen molar-refractivity contribution in [2.24, 2.45) is 0 Å². The second-order valence-electron chi connectivity index (χ2n) is 5.52.